The van der Waals surface area contributed by atoms with E-state index in [1.54, 1.807) is 6.92 Å². The van der Waals surface area contributed by atoms with Crippen LogP contribution in [0.3, 0.4) is 0 Å². The largest absolute Gasteiger partial charge is 0.478 e. The van der Waals surface area contributed by atoms with Crippen molar-refractivity contribution in [1.29, 1.82) is 0 Å². The maximum Gasteiger partial charge on any atom is 0.339 e. The van der Waals surface area contributed by atoms with Gasteiger partial charge in [0.25, 0.3) is 0 Å². The van der Waals surface area contributed by atoms with Gasteiger partial charge in [0, 0.05) is 6.54 Å². The van der Waals surface area contributed by atoms with Crippen LogP contribution in [0.4, 0.5) is 0 Å². The van der Waals surface area contributed by atoms with Crippen LogP contribution in [0.5, 0.6) is 0 Å². The fourth-order valence-electron chi connectivity index (χ4n) is 1.64. The van der Waals surface area contributed by atoms with Crippen LogP contribution in [0, 0.1) is 6.92 Å². The summed E-state index contributed by atoms with van der Waals surface area (Å²) in [6, 6.07) is 1.51. The lowest BCUT2D eigenvalue weighted by Crippen LogP contribution is -2.26. The van der Waals surface area contributed by atoms with Crippen molar-refractivity contribution in [1.82, 2.24) is 5.32 Å². The smallest absolute Gasteiger partial charge is 0.339 e. The minimum Gasteiger partial charge on any atom is -0.478 e. The Balaban J connectivity index is 2.42. The van der Waals surface area contributed by atoms with Crippen LogP contribution in [0.2, 0.25) is 0 Å². The predicted molar refractivity (Wildman–Crippen MR) is 63.0 cm³/mol. The first-order chi connectivity index (χ1) is 8.04. The molecule has 0 aliphatic carbocycles. The molecule has 1 aromatic heterocycles. The molecule has 5 nitrogen and oxygen atoms in total. The van der Waals surface area contributed by atoms with E-state index in [9.17, 15) is 9.90 Å². The minimum atomic E-state index is -0.983. The van der Waals surface area contributed by atoms with Crippen LogP contribution in [0.25, 0.3) is 0 Å². The number of furan rings is 1. The number of carboxylic acids is 1. The van der Waals surface area contributed by atoms with Crippen molar-refractivity contribution < 1.29 is 19.4 Å². The van der Waals surface area contributed by atoms with E-state index in [2.05, 4.69) is 5.32 Å². The molecule has 1 unspecified atom stereocenters. The third kappa shape index (κ3) is 4.20. The minimum absolute atomic E-state index is 0.191. The Bertz CT molecular complexity index is 373. The number of nitrogens with one attached hydrogen (secondary N) is 1. The third-order valence-corrected chi connectivity index (χ3v) is 2.50. The summed E-state index contributed by atoms with van der Waals surface area (Å²) in [5, 5.41) is 21.4. The van der Waals surface area contributed by atoms with Gasteiger partial charge < -0.3 is 19.9 Å². The molecule has 1 atom stereocenters. The highest BCUT2D eigenvalue weighted by molar-refractivity contribution is 5.88. The number of hydrogen-bond acceptors (Lipinski definition) is 4. The number of aryl methyl sites for hydroxylation is 1. The number of aliphatic hydroxyl groups is 1. The van der Waals surface area contributed by atoms with Gasteiger partial charge in [0.2, 0.25) is 0 Å². The molecule has 0 spiro atoms. The molecular weight excluding hydrogens is 222 g/mol. The molecular formula is C12H19NO4. The topological polar surface area (TPSA) is 82.7 Å². The molecule has 17 heavy (non-hydrogen) atoms. The summed E-state index contributed by atoms with van der Waals surface area (Å²) in [5.74, 6) is -0.00415. The van der Waals surface area contributed by atoms with Crippen LogP contribution in [0.15, 0.2) is 10.5 Å². The number of carbonyl (C=O) groups is 1. The average Bonchev–Trinajstić information content (AvgIpc) is 2.60. The van der Waals surface area contributed by atoms with Crippen molar-refractivity contribution in [3.63, 3.8) is 0 Å². The Hall–Kier alpha value is -1.33. The first-order valence-corrected chi connectivity index (χ1v) is 5.76. The summed E-state index contributed by atoms with van der Waals surface area (Å²) >= 11 is 0. The lowest BCUT2D eigenvalue weighted by Gasteiger charge is -2.09. The van der Waals surface area contributed by atoms with Crippen LogP contribution < -0.4 is 5.32 Å². The predicted octanol–water partition coefficient (Wildman–Crippen LogP) is 1.54. The zero-order chi connectivity index (χ0) is 12.8. The molecule has 5 heteroatoms. The lowest BCUT2D eigenvalue weighted by atomic mass is 10.2. The van der Waals surface area contributed by atoms with E-state index in [0.29, 0.717) is 24.6 Å². The van der Waals surface area contributed by atoms with Crippen molar-refractivity contribution in [2.75, 3.05) is 6.54 Å². The Labute approximate surface area is 100 Å². The number of hydrogen-bond donors (Lipinski definition) is 3. The average molecular weight is 241 g/mol. The van der Waals surface area contributed by atoms with Gasteiger partial charge in [-0.15, -0.1) is 0 Å². The Morgan fingerprint density at radius 3 is 2.82 bits per heavy atom. The molecule has 0 aliphatic rings. The fourth-order valence-corrected chi connectivity index (χ4v) is 1.64. The molecule has 0 aliphatic heterocycles. The molecule has 96 valence electrons. The molecule has 0 saturated carbocycles. The normalized spacial score (nSPS) is 12.6. The summed E-state index contributed by atoms with van der Waals surface area (Å²) in [5.41, 5.74) is 0.191. The molecule has 1 rings (SSSR count). The van der Waals surface area contributed by atoms with Gasteiger partial charge in [0.05, 0.1) is 12.6 Å². The van der Waals surface area contributed by atoms with Crippen LogP contribution >= 0.6 is 0 Å². The maximum absolute atomic E-state index is 10.8. The molecule has 0 bridgehead atoms. The number of carboxylic acid groups (broad SMARTS) is 1. The zero-order valence-electron chi connectivity index (χ0n) is 10.2. The van der Waals surface area contributed by atoms with Gasteiger partial charge in [-0.1, -0.05) is 13.3 Å². The molecule has 0 radical (unpaired) electrons. The van der Waals surface area contributed by atoms with Gasteiger partial charge >= 0.3 is 5.97 Å². The molecule has 0 aromatic carbocycles. The van der Waals surface area contributed by atoms with E-state index >= 15 is 0 Å². The highest BCUT2D eigenvalue weighted by atomic mass is 16.4. The number of aliphatic hydroxyl groups excluding tert-OH is 1. The van der Waals surface area contributed by atoms with E-state index in [1.165, 1.54) is 6.07 Å². The van der Waals surface area contributed by atoms with Gasteiger partial charge in [-0.05, 0) is 19.4 Å². The molecule has 0 fully saturated rings. The molecule has 1 heterocycles. The zero-order valence-corrected chi connectivity index (χ0v) is 10.2. The molecule has 0 saturated heterocycles. The van der Waals surface area contributed by atoms with E-state index in [1.807, 2.05) is 6.92 Å². The van der Waals surface area contributed by atoms with E-state index in [0.717, 1.165) is 12.8 Å². The first kappa shape index (κ1) is 13.7. The summed E-state index contributed by atoms with van der Waals surface area (Å²) in [6.07, 6.45) is 1.33. The van der Waals surface area contributed by atoms with Gasteiger partial charge in [-0.25, -0.2) is 4.79 Å². The Morgan fingerprint density at radius 1 is 1.59 bits per heavy atom. The van der Waals surface area contributed by atoms with E-state index in [4.69, 9.17) is 9.52 Å². The first-order valence-electron chi connectivity index (χ1n) is 5.76. The van der Waals surface area contributed by atoms with Gasteiger partial charge in [-0.2, -0.15) is 0 Å². The molecule has 0 amide bonds. The lowest BCUT2D eigenvalue weighted by molar-refractivity contribution is 0.0695. The Kier molecular flexibility index (Phi) is 5.18. The fraction of sp³-hybridized carbons (Fsp3) is 0.583. The highest BCUT2D eigenvalue weighted by Gasteiger charge is 2.13. The SMILES string of the molecule is CCCC(O)CNCc1cc(C(=O)O)c(C)o1. The third-order valence-electron chi connectivity index (χ3n) is 2.50. The summed E-state index contributed by atoms with van der Waals surface area (Å²) in [6.45, 7) is 4.54. The summed E-state index contributed by atoms with van der Waals surface area (Å²) < 4.78 is 5.29. The van der Waals surface area contributed by atoms with Gasteiger partial charge in [0.15, 0.2) is 0 Å². The Morgan fingerprint density at radius 2 is 2.29 bits per heavy atom. The van der Waals surface area contributed by atoms with Crippen LogP contribution in [-0.2, 0) is 6.54 Å². The molecule has 3 N–H and O–H groups in total. The van der Waals surface area contributed by atoms with Crippen molar-refractivity contribution in [2.24, 2.45) is 0 Å². The van der Waals surface area contributed by atoms with E-state index < -0.39 is 5.97 Å². The maximum atomic E-state index is 10.8. The van der Waals surface area contributed by atoms with Crippen LogP contribution in [0.1, 0.15) is 41.6 Å². The second kappa shape index (κ2) is 6.42. The quantitative estimate of drug-likeness (QED) is 0.674. The standard InChI is InChI=1S/C12H19NO4/c1-3-4-9(14)6-13-7-10-5-11(12(15)16)8(2)17-10/h5,9,13-14H,3-4,6-7H2,1-2H3,(H,15,16). The van der Waals surface area contributed by atoms with Crippen molar-refractivity contribution >= 4 is 5.97 Å². The van der Waals surface area contributed by atoms with Crippen molar-refractivity contribution in [3.05, 3.63) is 23.2 Å². The second-order valence-electron chi connectivity index (χ2n) is 4.06. The summed E-state index contributed by atoms with van der Waals surface area (Å²) in [4.78, 5) is 10.8. The van der Waals surface area contributed by atoms with Crippen molar-refractivity contribution in [3.8, 4) is 0 Å². The van der Waals surface area contributed by atoms with Crippen LogP contribution in [-0.4, -0.2) is 28.8 Å². The van der Waals surface area contributed by atoms with E-state index in [-0.39, 0.29) is 11.7 Å². The van der Waals surface area contributed by atoms with Crippen molar-refractivity contribution in [2.45, 2.75) is 39.3 Å². The van der Waals surface area contributed by atoms with Gasteiger partial charge in [0.1, 0.15) is 17.1 Å². The molecule has 1 aromatic rings. The monoisotopic (exact) mass is 241 g/mol. The summed E-state index contributed by atoms with van der Waals surface area (Å²) in [7, 11) is 0. The second-order valence-corrected chi connectivity index (χ2v) is 4.06. The van der Waals surface area contributed by atoms with Gasteiger partial charge in [-0.3, -0.25) is 0 Å². The number of aromatic carboxylic acids is 1. The number of rotatable bonds is 7. The highest BCUT2D eigenvalue weighted by Crippen LogP contribution is 2.14.